The smallest absolute Gasteiger partial charge is 0.315 e. The van der Waals surface area contributed by atoms with Crippen LogP contribution in [0.15, 0.2) is 52.9 Å². The van der Waals surface area contributed by atoms with Crippen LogP contribution in [0.2, 0.25) is 0 Å². The largest absolute Gasteiger partial charge is 0.412 e. The van der Waals surface area contributed by atoms with Gasteiger partial charge < -0.3 is 9.32 Å². The third kappa shape index (κ3) is 3.03. The Kier molecular flexibility index (Phi) is 4.37. The average molecular weight is 325 g/mol. The molecule has 0 spiro atoms. The summed E-state index contributed by atoms with van der Waals surface area (Å²) in [5, 5.41) is 7.57. The molecule has 0 atom stereocenters. The lowest BCUT2D eigenvalue weighted by Crippen LogP contribution is -2.30. The van der Waals surface area contributed by atoms with Crippen molar-refractivity contribution in [1.29, 1.82) is 0 Å². The normalized spacial score (nSPS) is 10.6. The summed E-state index contributed by atoms with van der Waals surface area (Å²) in [7, 11) is 0. The van der Waals surface area contributed by atoms with E-state index in [1.807, 2.05) is 38.1 Å². The van der Waals surface area contributed by atoms with Crippen LogP contribution in [0.5, 0.6) is 0 Å². The molecule has 0 saturated heterocycles. The molecule has 0 fully saturated rings. The molecular formula is C18H16FN3O2. The van der Waals surface area contributed by atoms with Gasteiger partial charge in [-0.05, 0) is 43.7 Å². The highest BCUT2D eigenvalue weighted by Gasteiger charge is 2.23. The molecule has 0 aliphatic carbocycles. The van der Waals surface area contributed by atoms with Crippen molar-refractivity contribution in [3.63, 3.8) is 0 Å². The first-order valence-electron chi connectivity index (χ1n) is 7.57. The molecule has 0 bridgehead atoms. The van der Waals surface area contributed by atoms with Gasteiger partial charge in [0, 0.05) is 12.2 Å². The Balaban J connectivity index is 1.91. The number of hydrogen-bond donors (Lipinski definition) is 0. The predicted octanol–water partition coefficient (Wildman–Crippen LogP) is 3.85. The predicted molar refractivity (Wildman–Crippen MR) is 88.2 cm³/mol. The van der Waals surface area contributed by atoms with Crippen molar-refractivity contribution in [2.75, 3.05) is 11.4 Å². The molecule has 0 unspecified atom stereocenters. The van der Waals surface area contributed by atoms with Gasteiger partial charge in [0.15, 0.2) is 0 Å². The van der Waals surface area contributed by atoms with Crippen molar-refractivity contribution in [2.45, 2.75) is 13.8 Å². The van der Waals surface area contributed by atoms with Crippen molar-refractivity contribution >= 4 is 11.6 Å². The average Bonchev–Trinajstić information content (AvgIpc) is 3.06. The van der Waals surface area contributed by atoms with Crippen molar-refractivity contribution in [2.24, 2.45) is 0 Å². The first-order chi connectivity index (χ1) is 11.6. The van der Waals surface area contributed by atoms with Crippen LogP contribution in [0.1, 0.15) is 23.2 Å². The lowest BCUT2D eigenvalue weighted by molar-refractivity contribution is 0.0955. The fourth-order valence-electron chi connectivity index (χ4n) is 2.41. The third-order valence-electron chi connectivity index (χ3n) is 3.59. The van der Waals surface area contributed by atoms with Crippen LogP contribution in [0.4, 0.5) is 10.1 Å². The zero-order valence-corrected chi connectivity index (χ0v) is 13.4. The number of carbonyl (C=O) groups excluding carboxylic acids is 1. The molecule has 3 rings (SSSR count). The second-order valence-corrected chi connectivity index (χ2v) is 5.28. The fraction of sp³-hybridized carbons (Fsp3) is 0.167. The van der Waals surface area contributed by atoms with Crippen LogP contribution in [0, 0.1) is 12.7 Å². The maximum atomic E-state index is 13.8. The highest BCUT2D eigenvalue weighted by Crippen LogP contribution is 2.23. The summed E-state index contributed by atoms with van der Waals surface area (Å²) in [6, 6.07) is 13.6. The van der Waals surface area contributed by atoms with Crippen LogP contribution >= 0.6 is 0 Å². The maximum Gasteiger partial charge on any atom is 0.315 e. The van der Waals surface area contributed by atoms with Gasteiger partial charge in [0.1, 0.15) is 5.82 Å². The minimum Gasteiger partial charge on any atom is -0.412 e. The molecule has 1 amide bonds. The number of aromatic nitrogens is 2. The van der Waals surface area contributed by atoms with Gasteiger partial charge in [0.05, 0.1) is 5.56 Å². The number of benzene rings is 2. The number of rotatable bonds is 4. The van der Waals surface area contributed by atoms with Gasteiger partial charge in [0.25, 0.3) is 5.89 Å². The first kappa shape index (κ1) is 15.9. The standard InChI is InChI=1S/C18H16FN3O2/c1-3-22(13-8-6-7-12(2)11-13)18(23)17-21-20-16(24-17)14-9-4-5-10-15(14)19/h4-11H,3H2,1-2H3. The van der Waals surface area contributed by atoms with E-state index < -0.39 is 11.7 Å². The third-order valence-corrected chi connectivity index (χ3v) is 3.59. The topological polar surface area (TPSA) is 59.2 Å². The van der Waals surface area contributed by atoms with E-state index in [0.29, 0.717) is 6.54 Å². The molecule has 0 radical (unpaired) electrons. The zero-order valence-electron chi connectivity index (χ0n) is 13.4. The summed E-state index contributed by atoms with van der Waals surface area (Å²) in [4.78, 5) is 14.2. The van der Waals surface area contributed by atoms with Crippen LogP contribution < -0.4 is 4.90 Å². The second kappa shape index (κ2) is 6.62. The Morgan fingerprint density at radius 1 is 1.17 bits per heavy atom. The molecule has 5 nitrogen and oxygen atoms in total. The summed E-state index contributed by atoms with van der Waals surface area (Å²) < 4.78 is 19.2. The lowest BCUT2D eigenvalue weighted by Gasteiger charge is -2.19. The van der Waals surface area contributed by atoms with E-state index in [1.54, 1.807) is 12.1 Å². The zero-order chi connectivity index (χ0) is 17.1. The SMILES string of the molecule is CCN(C(=O)c1nnc(-c2ccccc2F)o1)c1cccc(C)c1. The molecule has 2 aromatic carbocycles. The van der Waals surface area contributed by atoms with E-state index in [1.165, 1.54) is 17.0 Å². The Morgan fingerprint density at radius 2 is 1.96 bits per heavy atom. The minimum absolute atomic E-state index is 0.0169. The van der Waals surface area contributed by atoms with Gasteiger partial charge >= 0.3 is 11.8 Å². The molecule has 0 N–H and O–H groups in total. The molecule has 1 heterocycles. The molecule has 0 aliphatic heterocycles. The Morgan fingerprint density at radius 3 is 2.67 bits per heavy atom. The monoisotopic (exact) mass is 325 g/mol. The molecule has 122 valence electrons. The second-order valence-electron chi connectivity index (χ2n) is 5.28. The summed E-state index contributed by atoms with van der Waals surface area (Å²) in [6.45, 7) is 4.25. The lowest BCUT2D eigenvalue weighted by atomic mass is 10.2. The van der Waals surface area contributed by atoms with Crippen molar-refractivity contribution < 1.29 is 13.6 Å². The van der Waals surface area contributed by atoms with E-state index in [0.717, 1.165) is 11.3 Å². The summed E-state index contributed by atoms with van der Waals surface area (Å²) in [6.07, 6.45) is 0. The van der Waals surface area contributed by atoms with Crippen LogP contribution in [-0.4, -0.2) is 22.6 Å². The summed E-state index contributed by atoms with van der Waals surface area (Å²) in [5.74, 6) is -1.09. The van der Waals surface area contributed by atoms with Gasteiger partial charge in [-0.3, -0.25) is 4.79 Å². The van der Waals surface area contributed by atoms with Crippen LogP contribution in [0.25, 0.3) is 11.5 Å². The first-order valence-corrected chi connectivity index (χ1v) is 7.57. The molecule has 6 heteroatoms. The number of hydrogen-bond acceptors (Lipinski definition) is 4. The van der Waals surface area contributed by atoms with E-state index in [9.17, 15) is 9.18 Å². The number of carbonyl (C=O) groups is 1. The van der Waals surface area contributed by atoms with Crippen LogP contribution in [0.3, 0.4) is 0 Å². The molecular weight excluding hydrogens is 309 g/mol. The van der Waals surface area contributed by atoms with E-state index in [2.05, 4.69) is 10.2 Å². The molecule has 0 aliphatic rings. The molecule has 0 saturated carbocycles. The number of nitrogens with zero attached hydrogens (tertiary/aromatic N) is 3. The van der Waals surface area contributed by atoms with Gasteiger partial charge in [-0.1, -0.05) is 24.3 Å². The number of amides is 1. The highest BCUT2D eigenvalue weighted by atomic mass is 19.1. The number of halogens is 1. The van der Waals surface area contributed by atoms with E-state index in [-0.39, 0.29) is 17.3 Å². The molecule has 3 aromatic rings. The Bertz CT molecular complexity index is 876. The van der Waals surface area contributed by atoms with Crippen molar-refractivity contribution in [1.82, 2.24) is 10.2 Å². The fourth-order valence-corrected chi connectivity index (χ4v) is 2.41. The summed E-state index contributed by atoms with van der Waals surface area (Å²) >= 11 is 0. The molecule has 1 aromatic heterocycles. The van der Waals surface area contributed by atoms with Gasteiger partial charge in [0.2, 0.25) is 0 Å². The van der Waals surface area contributed by atoms with Crippen molar-refractivity contribution in [3.05, 3.63) is 65.8 Å². The Labute approximate surface area is 138 Å². The minimum atomic E-state index is -0.480. The van der Waals surface area contributed by atoms with Crippen molar-refractivity contribution in [3.8, 4) is 11.5 Å². The maximum absolute atomic E-state index is 13.8. The molecule has 24 heavy (non-hydrogen) atoms. The van der Waals surface area contributed by atoms with Gasteiger partial charge in [-0.15, -0.1) is 10.2 Å². The number of aryl methyl sites for hydroxylation is 1. The van der Waals surface area contributed by atoms with E-state index >= 15 is 0 Å². The van der Waals surface area contributed by atoms with Crippen LogP contribution in [-0.2, 0) is 0 Å². The number of anilines is 1. The highest BCUT2D eigenvalue weighted by molar-refractivity contribution is 6.03. The summed E-state index contributed by atoms with van der Waals surface area (Å²) in [5.41, 5.74) is 1.95. The Hall–Kier alpha value is -3.02. The quantitative estimate of drug-likeness (QED) is 0.731. The van der Waals surface area contributed by atoms with Gasteiger partial charge in [-0.25, -0.2) is 4.39 Å². The van der Waals surface area contributed by atoms with E-state index in [4.69, 9.17) is 4.42 Å². The van der Waals surface area contributed by atoms with Gasteiger partial charge in [-0.2, -0.15) is 0 Å².